The Morgan fingerprint density at radius 2 is 1.37 bits per heavy atom. The van der Waals surface area contributed by atoms with Gasteiger partial charge < -0.3 is 4.18 Å². The maximum Gasteiger partial charge on any atom is 0.306 e. The monoisotopic (exact) mass is 501 g/mol. The Morgan fingerprint density at radius 3 is 1.83 bits per heavy atom. The van der Waals surface area contributed by atoms with E-state index in [-0.39, 0.29) is 26.8 Å². The van der Waals surface area contributed by atoms with E-state index in [0.717, 1.165) is 12.1 Å². The van der Waals surface area contributed by atoms with Gasteiger partial charge in [0.25, 0.3) is 0 Å². The predicted molar refractivity (Wildman–Crippen MR) is 110 cm³/mol. The van der Waals surface area contributed by atoms with Crippen molar-refractivity contribution in [3.8, 4) is 5.75 Å². The lowest BCUT2D eigenvalue weighted by atomic mass is 10.1. The van der Waals surface area contributed by atoms with Crippen molar-refractivity contribution >= 4 is 56.7 Å². The van der Waals surface area contributed by atoms with E-state index in [9.17, 15) is 33.7 Å². The number of hydrogen-bond acceptors (Lipinski definition) is 10. The zero-order chi connectivity index (χ0) is 23.1. The number of benzene rings is 2. The Morgan fingerprint density at radius 1 is 0.800 bits per heavy atom. The van der Waals surface area contributed by atoms with Crippen molar-refractivity contribution in [2.24, 2.45) is 0 Å². The van der Waals surface area contributed by atoms with E-state index in [4.69, 9.17) is 8.37 Å². The maximum absolute atomic E-state index is 12.4. The van der Waals surface area contributed by atoms with Gasteiger partial charge >= 0.3 is 20.2 Å². The fraction of sp³-hybridized carbons (Fsp3) is 0.333. The second-order valence-electron chi connectivity index (χ2n) is 6.14. The number of anilines is 1. The van der Waals surface area contributed by atoms with Gasteiger partial charge in [-0.15, -0.1) is 0 Å². The van der Waals surface area contributed by atoms with Gasteiger partial charge in [-0.25, -0.2) is 16.8 Å². The molecule has 0 aliphatic rings. The third kappa shape index (κ3) is 5.21. The van der Waals surface area contributed by atoms with Crippen LogP contribution in [0.5, 0.6) is 5.75 Å². The predicted octanol–water partition coefficient (Wildman–Crippen LogP) is 0.629. The molecular formula is C15H19NO10S4. The van der Waals surface area contributed by atoms with E-state index in [1.54, 1.807) is 0 Å². The third-order valence-corrected chi connectivity index (χ3v) is 8.63. The van der Waals surface area contributed by atoms with Gasteiger partial charge in [-0.05, 0) is 19.1 Å². The number of rotatable bonds is 8. The van der Waals surface area contributed by atoms with E-state index in [1.165, 1.54) is 25.1 Å². The molecule has 0 aromatic heterocycles. The van der Waals surface area contributed by atoms with E-state index < -0.39 is 50.9 Å². The standard InChI is InChI=1S/C15H19NO10S4/c1-5-25-30(23,24)14-10-9-11-12(15(14)26-29(4,21)22)7-6-8-13(11)16(27(2,17)18)28(3,19)20/h6-10H,5H2,1-4H3. The first kappa shape index (κ1) is 24.3. The molecule has 0 radical (unpaired) electrons. The van der Waals surface area contributed by atoms with Crippen LogP contribution in [0.15, 0.2) is 35.2 Å². The van der Waals surface area contributed by atoms with E-state index in [2.05, 4.69) is 0 Å². The first-order valence-corrected chi connectivity index (χ1v) is 15.0. The molecule has 11 nitrogen and oxygen atoms in total. The van der Waals surface area contributed by atoms with Crippen LogP contribution in [0, 0.1) is 0 Å². The first-order valence-electron chi connectivity index (χ1n) is 8.04. The molecule has 0 spiro atoms. The van der Waals surface area contributed by atoms with E-state index in [0.29, 0.717) is 18.8 Å². The highest BCUT2D eigenvalue weighted by molar-refractivity contribution is 8.09. The van der Waals surface area contributed by atoms with Crippen LogP contribution < -0.4 is 7.89 Å². The lowest BCUT2D eigenvalue weighted by Gasteiger charge is -2.22. The van der Waals surface area contributed by atoms with Crippen LogP contribution in [0.3, 0.4) is 0 Å². The van der Waals surface area contributed by atoms with Crippen molar-refractivity contribution in [2.45, 2.75) is 11.8 Å². The summed E-state index contributed by atoms with van der Waals surface area (Å²) in [6.45, 7) is 1.17. The zero-order valence-electron chi connectivity index (χ0n) is 16.3. The first-order chi connectivity index (χ1) is 13.5. The summed E-state index contributed by atoms with van der Waals surface area (Å²) in [6, 6.07) is 5.74. The van der Waals surface area contributed by atoms with Gasteiger partial charge in [0.05, 0.1) is 31.1 Å². The zero-order valence-corrected chi connectivity index (χ0v) is 19.5. The van der Waals surface area contributed by atoms with Crippen LogP contribution in [0.25, 0.3) is 10.8 Å². The van der Waals surface area contributed by atoms with Crippen LogP contribution in [0.4, 0.5) is 5.69 Å². The van der Waals surface area contributed by atoms with Crippen molar-refractivity contribution in [3.05, 3.63) is 30.3 Å². The van der Waals surface area contributed by atoms with Crippen molar-refractivity contribution in [1.29, 1.82) is 0 Å². The Balaban J connectivity index is 3.03. The summed E-state index contributed by atoms with van der Waals surface area (Å²) in [5, 5.41) is -0.238. The quantitative estimate of drug-likeness (QED) is 0.470. The lowest BCUT2D eigenvalue weighted by Crippen LogP contribution is -2.35. The number of nitrogens with zero attached hydrogens (tertiary/aromatic N) is 1. The van der Waals surface area contributed by atoms with Crippen LogP contribution in [0.2, 0.25) is 0 Å². The molecule has 0 amide bonds. The lowest BCUT2D eigenvalue weighted by molar-refractivity contribution is 0.336. The molecule has 168 valence electrons. The third-order valence-electron chi connectivity index (χ3n) is 3.53. The smallest absolute Gasteiger partial charge is 0.306 e. The highest BCUT2D eigenvalue weighted by Crippen LogP contribution is 2.39. The molecular weight excluding hydrogens is 482 g/mol. The summed E-state index contributed by atoms with van der Waals surface area (Å²) in [5.74, 6) is -0.646. The average molecular weight is 502 g/mol. The molecule has 0 bridgehead atoms. The molecule has 0 fully saturated rings. The second-order valence-corrected chi connectivity index (χ2v) is 13.2. The molecule has 0 atom stereocenters. The van der Waals surface area contributed by atoms with Gasteiger partial charge in [-0.2, -0.15) is 20.5 Å². The van der Waals surface area contributed by atoms with Crippen LogP contribution in [-0.2, 0) is 44.5 Å². The summed E-state index contributed by atoms with van der Waals surface area (Å²) < 4.78 is 107. The Kier molecular flexibility index (Phi) is 6.45. The van der Waals surface area contributed by atoms with Crippen molar-refractivity contribution in [1.82, 2.24) is 0 Å². The summed E-state index contributed by atoms with van der Waals surface area (Å²) in [5.41, 5.74) is -0.337. The molecule has 0 aliphatic carbocycles. The van der Waals surface area contributed by atoms with Crippen LogP contribution in [-0.4, -0.2) is 59.0 Å². The van der Waals surface area contributed by atoms with Crippen molar-refractivity contribution in [2.75, 3.05) is 29.1 Å². The summed E-state index contributed by atoms with van der Waals surface area (Å²) in [7, 11) is -17.3. The highest BCUT2D eigenvalue weighted by Gasteiger charge is 2.31. The molecule has 0 unspecified atom stereocenters. The van der Waals surface area contributed by atoms with Gasteiger partial charge in [0, 0.05) is 10.8 Å². The molecule has 0 saturated heterocycles. The summed E-state index contributed by atoms with van der Waals surface area (Å²) in [6.07, 6.45) is 2.04. The minimum Gasteiger partial charge on any atom is -0.380 e. The summed E-state index contributed by atoms with van der Waals surface area (Å²) in [4.78, 5) is -0.621. The molecule has 0 N–H and O–H groups in total. The SMILES string of the molecule is CCOS(=O)(=O)c1ccc2c(N(S(C)(=O)=O)S(C)(=O)=O)cccc2c1OS(C)(=O)=O. The molecule has 0 aliphatic heterocycles. The minimum atomic E-state index is -4.43. The van der Waals surface area contributed by atoms with Gasteiger partial charge in [-0.1, -0.05) is 18.2 Å². The van der Waals surface area contributed by atoms with Gasteiger partial charge in [0.1, 0.15) is 4.90 Å². The maximum atomic E-state index is 12.4. The average Bonchev–Trinajstić information content (AvgIpc) is 2.51. The molecule has 0 saturated carbocycles. The fourth-order valence-corrected chi connectivity index (χ4v) is 7.30. The van der Waals surface area contributed by atoms with E-state index >= 15 is 0 Å². The Bertz CT molecular complexity index is 1380. The molecule has 15 heteroatoms. The topological polar surface area (TPSA) is 158 Å². The molecule has 2 aromatic rings. The molecule has 2 rings (SSSR count). The summed E-state index contributed by atoms with van der Waals surface area (Å²) >= 11 is 0. The largest absolute Gasteiger partial charge is 0.380 e. The van der Waals surface area contributed by atoms with Gasteiger partial charge in [-0.3, -0.25) is 4.18 Å². The molecule has 2 aromatic carbocycles. The molecule has 30 heavy (non-hydrogen) atoms. The number of hydrogen-bond donors (Lipinski definition) is 0. The highest BCUT2D eigenvalue weighted by atomic mass is 32.3. The Labute approximate surface area is 175 Å². The van der Waals surface area contributed by atoms with Crippen molar-refractivity contribution < 1.29 is 42.0 Å². The van der Waals surface area contributed by atoms with Crippen LogP contribution in [0.1, 0.15) is 6.92 Å². The van der Waals surface area contributed by atoms with Crippen molar-refractivity contribution in [3.63, 3.8) is 0 Å². The Hall–Kier alpha value is -1.94. The molecule has 0 heterocycles. The normalized spacial score (nSPS) is 13.3. The van der Waals surface area contributed by atoms with Gasteiger partial charge in [0.2, 0.25) is 20.0 Å². The minimum absolute atomic E-state index is 0.0811. The second kappa shape index (κ2) is 7.96. The van der Waals surface area contributed by atoms with E-state index in [1.807, 2.05) is 0 Å². The van der Waals surface area contributed by atoms with Crippen LogP contribution >= 0.6 is 0 Å². The number of fused-ring (bicyclic) bond motifs is 1. The number of sulfonamides is 2. The van der Waals surface area contributed by atoms with Gasteiger partial charge in [0.15, 0.2) is 5.75 Å². The fourth-order valence-electron chi connectivity index (χ4n) is 2.71.